The van der Waals surface area contributed by atoms with E-state index in [1.165, 1.54) is 0 Å². The Kier molecular flexibility index (Phi) is 5.43. The van der Waals surface area contributed by atoms with Crippen LogP contribution in [0.3, 0.4) is 0 Å². The number of anilines is 1. The lowest BCUT2D eigenvalue weighted by Crippen LogP contribution is -2.06. The first-order valence-electron chi connectivity index (χ1n) is 6.94. The zero-order chi connectivity index (χ0) is 18.0. The van der Waals surface area contributed by atoms with Gasteiger partial charge in [-0.05, 0) is 12.8 Å². The Morgan fingerprint density at radius 3 is 2.33 bits per heavy atom. The highest BCUT2D eigenvalue weighted by Crippen LogP contribution is 2.23. The van der Waals surface area contributed by atoms with Gasteiger partial charge >= 0.3 is 0 Å². The number of halogens is 5. The number of hydrazone groups is 1. The molecule has 0 fully saturated rings. The first kappa shape index (κ1) is 18.2. The Morgan fingerprint density at radius 1 is 1.21 bits per heavy atom. The molecule has 0 spiro atoms. The van der Waals surface area contributed by atoms with Gasteiger partial charge in [-0.15, -0.1) is 0 Å². The summed E-state index contributed by atoms with van der Waals surface area (Å²) in [7, 11) is 0. The first-order chi connectivity index (χ1) is 11.2. The fraction of sp³-hybridized carbons (Fsp3) is 0.357. The predicted molar refractivity (Wildman–Crippen MR) is 82.1 cm³/mol. The molecule has 0 aromatic carbocycles. The van der Waals surface area contributed by atoms with Gasteiger partial charge < -0.3 is 0 Å². The van der Waals surface area contributed by atoms with Crippen LogP contribution in [0.4, 0.5) is 23.2 Å². The fourth-order valence-corrected chi connectivity index (χ4v) is 2.22. The number of nitrogens with zero attached hydrogens (tertiary/aromatic N) is 4. The summed E-state index contributed by atoms with van der Waals surface area (Å²) in [5.41, 5.74) is 1.79. The van der Waals surface area contributed by atoms with E-state index in [-0.39, 0.29) is 0 Å². The predicted octanol–water partition coefficient (Wildman–Crippen LogP) is 3.90. The molecule has 0 aliphatic rings. The number of nitrogens with one attached hydrogen (secondary N) is 1. The molecule has 5 nitrogen and oxygen atoms in total. The van der Waals surface area contributed by atoms with Crippen molar-refractivity contribution in [2.45, 2.75) is 27.3 Å². The van der Waals surface area contributed by atoms with Crippen LogP contribution in [-0.2, 0) is 6.54 Å². The lowest BCUT2D eigenvalue weighted by Gasteiger charge is -2.06. The van der Waals surface area contributed by atoms with Crippen molar-refractivity contribution in [3.63, 3.8) is 0 Å². The summed E-state index contributed by atoms with van der Waals surface area (Å²) >= 11 is 6.17. The van der Waals surface area contributed by atoms with E-state index in [9.17, 15) is 17.6 Å². The molecule has 0 bridgehead atoms. The average Bonchev–Trinajstić information content (AvgIpc) is 2.75. The van der Waals surface area contributed by atoms with Crippen LogP contribution in [0, 0.1) is 36.4 Å². The highest BCUT2D eigenvalue weighted by molar-refractivity contribution is 6.32. The lowest BCUT2D eigenvalue weighted by atomic mass is 10.2. The molecule has 0 unspecified atom stereocenters. The summed E-state index contributed by atoms with van der Waals surface area (Å²) in [5, 5.41) is 8.09. The molecule has 130 valence electrons. The van der Waals surface area contributed by atoms with Crippen molar-refractivity contribution in [2.75, 3.05) is 5.43 Å². The van der Waals surface area contributed by atoms with Gasteiger partial charge in [-0.25, -0.2) is 0 Å². The second kappa shape index (κ2) is 7.16. The Bertz CT molecular complexity index is 762. The Labute approximate surface area is 140 Å². The average molecular weight is 364 g/mol. The van der Waals surface area contributed by atoms with Crippen LogP contribution in [0.5, 0.6) is 0 Å². The van der Waals surface area contributed by atoms with E-state index in [1.807, 2.05) is 19.3 Å². The Morgan fingerprint density at radius 2 is 1.79 bits per heavy atom. The molecule has 0 saturated carbocycles. The number of aromatic nitrogens is 3. The molecular formula is C14H14ClF4N5. The van der Waals surface area contributed by atoms with Crippen molar-refractivity contribution in [3.05, 3.63) is 39.9 Å². The monoisotopic (exact) mass is 363 g/mol. The molecule has 0 amide bonds. The van der Waals surface area contributed by atoms with E-state index in [0.29, 0.717) is 28.9 Å². The van der Waals surface area contributed by atoms with Gasteiger partial charge in [0.05, 0.1) is 17.5 Å². The molecule has 2 heterocycles. The van der Waals surface area contributed by atoms with Gasteiger partial charge in [0.1, 0.15) is 10.8 Å². The van der Waals surface area contributed by atoms with Crippen molar-refractivity contribution in [1.29, 1.82) is 0 Å². The Balaban J connectivity index is 2.26. The minimum atomic E-state index is -1.77. The van der Waals surface area contributed by atoms with E-state index in [0.717, 1.165) is 6.21 Å². The van der Waals surface area contributed by atoms with Crippen LogP contribution in [0.1, 0.15) is 25.1 Å². The Hall–Kier alpha value is -2.16. The van der Waals surface area contributed by atoms with Crippen LogP contribution in [-0.4, -0.2) is 21.0 Å². The summed E-state index contributed by atoms with van der Waals surface area (Å²) in [6.07, 6.45) is 1.16. The van der Waals surface area contributed by atoms with E-state index in [1.54, 1.807) is 11.6 Å². The maximum absolute atomic E-state index is 13.5. The number of rotatable bonds is 5. The SMILES string of the molecule is Cc1nn(CC(C)C)c(Cl)c1/C=N\Nc1c(F)c(F)nc(F)c1F. The van der Waals surface area contributed by atoms with Crippen LogP contribution in [0.25, 0.3) is 0 Å². The third kappa shape index (κ3) is 3.66. The number of aryl methyl sites for hydroxylation is 1. The summed E-state index contributed by atoms with van der Waals surface area (Å²) in [6, 6.07) is 0. The highest BCUT2D eigenvalue weighted by Gasteiger charge is 2.20. The van der Waals surface area contributed by atoms with E-state index in [4.69, 9.17) is 11.6 Å². The topological polar surface area (TPSA) is 55.1 Å². The van der Waals surface area contributed by atoms with E-state index in [2.05, 4.69) is 15.2 Å². The van der Waals surface area contributed by atoms with Gasteiger partial charge in [0.2, 0.25) is 11.6 Å². The summed E-state index contributed by atoms with van der Waals surface area (Å²) in [6.45, 7) is 6.23. The number of hydrogen-bond acceptors (Lipinski definition) is 4. The summed E-state index contributed by atoms with van der Waals surface area (Å²) in [5.74, 6) is -6.60. The smallest absolute Gasteiger partial charge is 0.254 e. The molecule has 0 aliphatic heterocycles. The van der Waals surface area contributed by atoms with Crippen LogP contribution < -0.4 is 5.43 Å². The summed E-state index contributed by atoms with van der Waals surface area (Å²) in [4.78, 5) is 2.45. The number of hydrogen-bond donors (Lipinski definition) is 1. The van der Waals surface area contributed by atoms with Crippen LogP contribution >= 0.6 is 11.6 Å². The third-order valence-electron chi connectivity index (χ3n) is 3.01. The molecule has 2 rings (SSSR count). The zero-order valence-electron chi connectivity index (χ0n) is 13.0. The molecule has 2 aromatic heterocycles. The largest absolute Gasteiger partial charge is 0.272 e. The molecule has 0 saturated heterocycles. The summed E-state index contributed by atoms with van der Waals surface area (Å²) < 4.78 is 54.5. The normalized spacial score (nSPS) is 11.7. The molecule has 24 heavy (non-hydrogen) atoms. The minimum absolute atomic E-state index is 0.291. The maximum atomic E-state index is 13.5. The molecule has 10 heteroatoms. The number of pyridine rings is 1. The molecule has 1 N–H and O–H groups in total. The van der Waals surface area contributed by atoms with E-state index >= 15 is 0 Å². The zero-order valence-corrected chi connectivity index (χ0v) is 13.8. The van der Waals surface area contributed by atoms with Gasteiger partial charge in [-0.1, -0.05) is 25.4 Å². The van der Waals surface area contributed by atoms with Crippen molar-refractivity contribution in [3.8, 4) is 0 Å². The fourth-order valence-electron chi connectivity index (χ4n) is 1.93. The van der Waals surface area contributed by atoms with Crippen molar-refractivity contribution >= 4 is 23.5 Å². The first-order valence-corrected chi connectivity index (χ1v) is 7.32. The highest BCUT2D eigenvalue weighted by atomic mass is 35.5. The van der Waals surface area contributed by atoms with Crippen LogP contribution in [0.2, 0.25) is 5.15 Å². The van der Waals surface area contributed by atoms with Gasteiger partial charge in [-0.3, -0.25) is 10.1 Å². The quantitative estimate of drug-likeness (QED) is 0.379. The van der Waals surface area contributed by atoms with Crippen LogP contribution in [0.15, 0.2) is 5.10 Å². The minimum Gasteiger partial charge on any atom is -0.272 e. The van der Waals surface area contributed by atoms with Crippen molar-refractivity contribution in [2.24, 2.45) is 11.0 Å². The molecule has 2 aromatic rings. The van der Waals surface area contributed by atoms with Gasteiger partial charge in [-0.2, -0.15) is 32.7 Å². The standard InChI is InChI=1S/C14H14ClF4N5/c1-6(2)5-24-12(15)8(7(3)23-24)4-20-22-11-9(16)13(18)21-14(19)10(11)17/h4,6H,5H2,1-3H3,(H,21,22)/b20-4-. The third-order valence-corrected chi connectivity index (χ3v) is 3.41. The van der Waals surface area contributed by atoms with Crippen molar-refractivity contribution in [1.82, 2.24) is 14.8 Å². The molecular weight excluding hydrogens is 350 g/mol. The molecule has 0 radical (unpaired) electrons. The van der Waals surface area contributed by atoms with E-state index < -0.39 is 29.2 Å². The van der Waals surface area contributed by atoms with Gasteiger partial charge in [0, 0.05) is 6.54 Å². The van der Waals surface area contributed by atoms with Crippen molar-refractivity contribution < 1.29 is 17.6 Å². The second-order valence-electron chi connectivity index (χ2n) is 5.43. The van der Waals surface area contributed by atoms with Gasteiger partial charge in [0.25, 0.3) is 11.9 Å². The molecule has 0 atom stereocenters. The maximum Gasteiger partial charge on any atom is 0.254 e. The lowest BCUT2D eigenvalue weighted by molar-refractivity contribution is 0.411. The van der Waals surface area contributed by atoms with Gasteiger partial charge in [0.15, 0.2) is 0 Å². The second-order valence-corrected chi connectivity index (χ2v) is 5.79. The molecule has 0 aliphatic carbocycles.